The van der Waals surface area contributed by atoms with Crippen molar-refractivity contribution >= 4 is 0 Å². The van der Waals surface area contributed by atoms with Crippen molar-refractivity contribution < 1.29 is 0 Å². The lowest BCUT2D eigenvalue weighted by Crippen LogP contribution is -2.38. The molecule has 1 saturated carbocycles. The second-order valence-corrected chi connectivity index (χ2v) is 4.58. The van der Waals surface area contributed by atoms with Crippen molar-refractivity contribution in [2.45, 2.75) is 44.3 Å². The van der Waals surface area contributed by atoms with Crippen LogP contribution in [0.3, 0.4) is 0 Å². The topological polar surface area (TPSA) is 37.0 Å². The molecule has 0 spiro atoms. The van der Waals surface area contributed by atoms with Gasteiger partial charge in [0.15, 0.2) is 0 Å². The van der Waals surface area contributed by atoms with Gasteiger partial charge in [0, 0.05) is 31.0 Å². The number of rotatable bonds is 4. The molecule has 2 N–H and O–H groups in total. The molecule has 0 atom stereocenters. The van der Waals surface area contributed by atoms with E-state index in [1.54, 1.807) is 0 Å². The molecular formula is C13H21N3. The molecule has 0 aromatic carbocycles. The molecular weight excluding hydrogens is 198 g/mol. The summed E-state index contributed by atoms with van der Waals surface area (Å²) in [5.41, 5.74) is 1.28. The molecule has 3 nitrogen and oxygen atoms in total. The highest BCUT2D eigenvalue weighted by Gasteiger charge is 2.18. The molecule has 1 fully saturated rings. The highest BCUT2D eigenvalue weighted by molar-refractivity contribution is 5.08. The molecule has 88 valence electrons. The first-order chi connectivity index (χ1) is 7.88. The van der Waals surface area contributed by atoms with Gasteiger partial charge in [0.1, 0.15) is 0 Å². The third-order valence-corrected chi connectivity index (χ3v) is 3.45. The summed E-state index contributed by atoms with van der Waals surface area (Å²) in [6.07, 6.45) is 8.91. The fourth-order valence-corrected chi connectivity index (χ4v) is 2.35. The minimum absolute atomic E-state index is 0.685. The average molecular weight is 219 g/mol. The quantitative estimate of drug-likeness (QED) is 0.809. The van der Waals surface area contributed by atoms with Gasteiger partial charge in [-0.2, -0.15) is 0 Å². The summed E-state index contributed by atoms with van der Waals surface area (Å²) in [5.74, 6) is 0. The van der Waals surface area contributed by atoms with Crippen LogP contribution in [0.15, 0.2) is 24.5 Å². The Morgan fingerprint density at radius 3 is 2.62 bits per heavy atom. The second kappa shape index (κ2) is 5.97. The van der Waals surface area contributed by atoms with Crippen molar-refractivity contribution in [3.63, 3.8) is 0 Å². The summed E-state index contributed by atoms with van der Waals surface area (Å²) >= 11 is 0. The molecule has 1 aliphatic rings. The summed E-state index contributed by atoms with van der Waals surface area (Å²) in [6, 6.07) is 5.54. The van der Waals surface area contributed by atoms with E-state index in [1.165, 1.54) is 31.2 Å². The zero-order valence-electron chi connectivity index (χ0n) is 9.95. The SMILES string of the molecule is CNC1CCC(NCc2cccnc2)CC1. The molecule has 0 unspecified atom stereocenters. The minimum atomic E-state index is 0.685. The first kappa shape index (κ1) is 11.6. The van der Waals surface area contributed by atoms with Crippen LogP contribution >= 0.6 is 0 Å². The Morgan fingerprint density at radius 2 is 2.00 bits per heavy atom. The maximum atomic E-state index is 4.12. The van der Waals surface area contributed by atoms with Gasteiger partial charge < -0.3 is 10.6 Å². The van der Waals surface area contributed by atoms with Gasteiger partial charge in [-0.1, -0.05) is 6.07 Å². The smallest absolute Gasteiger partial charge is 0.0312 e. The number of aromatic nitrogens is 1. The van der Waals surface area contributed by atoms with Crippen LogP contribution in [0, 0.1) is 0 Å². The van der Waals surface area contributed by atoms with Crippen LogP contribution in [0.5, 0.6) is 0 Å². The minimum Gasteiger partial charge on any atom is -0.317 e. The standard InChI is InChI=1S/C13H21N3/c1-14-12-4-6-13(7-5-12)16-10-11-3-2-8-15-9-11/h2-3,8-9,12-14,16H,4-7,10H2,1H3. The van der Waals surface area contributed by atoms with Crippen molar-refractivity contribution in [1.29, 1.82) is 0 Å². The Hall–Kier alpha value is -0.930. The van der Waals surface area contributed by atoms with Crippen LogP contribution in [0.1, 0.15) is 31.2 Å². The molecule has 0 saturated heterocycles. The maximum Gasteiger partial charge on any atom is 0.0312 e. The lowest BCUT2D eigenvalue weighted by atomic mass is 9.91. The Morgan fingerprint density at radius 1 is 1.25 bits per heavy atom. The molecule has 16 heavy (non-hydrogen) atoms. The van der Waals surface area contributed by atoms with E-state index in [1.807, 2.05) is 18.5 Å². The summed E-state index contributed by atoms with van der Waals surface area (Å²) in [7, 11) is 2.06. The van der Waals surface area contributed by atoms with Crippen molar-refractivity contribution in [2.24, 2.45) is 0 Å². The Kier molecular flexibility index (Phi) is 4.31. The maximum absolute atomic E-state index is 4.12. The van der Waals surface area contributed by atoms with Gasteiger partial charge in [0.25, 0.3) is 0 Å². The predicted octanol–water partition coefficient (Wildman–Crippen LogP) is 1.70. The lowest BCUT2D eigenvalue weighted by Gasteiger charge is -2.28. The average Bonchev–Trinajstić information content (AvgIpc) is 2.38. The fourth-order valence-electron chi connectivity index (χ4n) is 2.35. The third kappa shape index (κ3) is 3.29. The van der Waals surface area contributed by atoms with E-state index < -0.39 is 0 Å². The molecule has 1 aromatic rings. The van der Waals surface area contributed by atoms with E-state index in [-0.39, 0.29) is 0 Å². The zero-order chi connectivity index (χ0) is 11.2. The Labute approximate surface area is 97.7 Å². The third-order valence-electron chi connectivity index (χ3n) is 3.45. The molecule has 0 amide bonds. The Balaban J connectivity index is 1.72. The van der Waals surface area contributed by atoms with Crippen LogP contribution in [0.2, 0.25) is 0 Å². The zero-order valence-corrected chi connectivity index (χ0v) is 9.95. The highest BCUT2D eigenvalue weighted by Crippen LogP contribution is 2.18. The normalized spacial score (nSPS) is 25.6. The first-order valence-electron chi connectivity index (χ1n) is 6.18. The van der Waals surface area contributed by atoms with Crippen LogP contribution in [-0.4, -0.2) is 24.1 Å². The van der Waals surface area contributed by atoms with Gasteiger partial charge in [-0.05, 0) is 44.4 Å². The van der Waals surface area contributed by atoms with Crippen molar-refractivity contribution in [1.82, 2.24) is 15.6 Å². The van der Waals surface area contributed by atoms with Gasteiger partial charge in [0.05, 0.1) is 0 Å². The van der Waals surface area contributed by atoms with E-state index in [9.17, 15) is 0 Å². The number of nitrogens with zero attached hydrogens (tertiary/aromatic N) is 1. The Bertz CT molecular complexity index is 291. The largest absolute Gasteiger partial charge is 0.317 e. The number of hydrogen-bond acceptors (Lipinski definition) is 3. The lowest BCUT2D eigenvalue weighted by molar-refractivity contribution is 0.317. The van der Waals surface area contributed by atoms with Crippen LogP contribution in [-0.2, 0) is 6.54 Å². The first-order valence-corrected chi connectivity index (χ1v) is 6.18. The molecule has 2 rings (SSSR count). The molecule has 0 radical (unpaired) electrons. The van der Waals surface area contributed by atoms with Crippen molar-refractivity contribution in [3.8, 4) is 0 Å². The summed E-state index contributed by atoms with van der Waals surface area (Å²) in [4.78, 5) is 4.12. The number of hydrogen-bond donors (Lipinski definition) is 2. The van der Waals surface area contributed by atoms with Crippen LogP contribution < -0.4 is 10.6 Å². The van der Waals surface area contributed by atoms with Crippen molar-refractivity contribution in [2.75, 3.05) is 7.05 Å². The van der Waals surface area contributed by atoms with E-state index in [0.717, 1.165) is 12.6 Å². The highest BCUT2D eigenvalue weighted by atomic mass is 14.9. The van der Waals surface area contributed by atoms with Gasteiger partial charge in [-0.15, -0.1) is 0 Å². The molecule has 3 heteroatoms. The molecule has 1 aliphatic carbocycles. The van der Waals surface area contributed by atoms with Crippen LogP contribution in [0.25, 0.3) is 0 Å². The van der Waals surface area contributed by atoms with Gasteiger partial charge >= 0.3 is 0 Å². The predicted molar refractivity (Wildman–Crippen MR) is 66.2 cm³/mol. The van der Waals surface area contributed by atoms with E-state index >= 15 is 0 Å². The molecule has 1 aromatic heterocycles. The monoisotopic (exact) mass is 219 g/mol. The summed E-state index contributed by atoms with van der Waals surface area (Å²) < 4.78 is 0. The molecule has 0 bridgehead atoms. The summed E-state index contributed by atoms with van der Waals surface area (Å²) in [5, 5.41) is 6.98. The van der Waals surface area contributed by atoms with Gasteiger partial charge in [-0.3, -0.25) is 4.98 Å². The van der Waals surface area contributed by atoms with Gasteiger partial charge in [0.2, 0.25) is 0 Å². The van der Waals surface area contributed by atoms with Gasteiger partial charge in [-0.25, -0.2) is 0 Å². The summed E-state index contributed by atoms with van der Waals surface area (Å²) in [6.45, 7) is 0.947. The fraction of sp³-hybridized carbons (Fsp3) is 0.615. The van der Waals surface area contributed by atoms with E-state index in [2.05, 4.69) is 28.7 Å². The van der Waals surface area contributed by atoms with E-state index in [0.29, 0.717) is 6.04 Å². The van der Waals surface area contributed by atoms with E-state index in [4.69, 9.17) is 0 Å². The number of nitrogens with one attached hydrogen (secondary N) is 2. The molecule has 1 heterocycles. The van der Waals surface area contributed by atoms with Crippen LogP contribution in [0.4, 0.5) is 0 Å². The van der Waals surface area contributed by atoms with Crippen molar-refractivity contribution in [3.05, 3.63) is 30.1 Å². The number of pyridine rings is 1. The molecule has 0 aliphatic heterocycles. The second-order valence-electron chi connectivity index (χ2n) is 4.58.